The molecule has 0 aromatic heterocycles. The van der Waals surface area contributed by atoms with Gasteiger partial charge in [-0.3, -0.25) is 0 Å². The van der Waals surface area contributed by atoms with Crippen molar-refractivity contribution >= 4 is 14.9 Å². The fraction of sp³-hybridized carbons (Fsp3) is 0.833. The van der Waals surface area contributed by atoms with Crippen LogP contribution in [0.3, 0.4) is 0 Å². The lowest BCUT2D eigenvalue weighted by Gasteiger charge is -2.01. The first kappa shape index (κ1) is 9.94. The highest BCUT2D eigenvalue weighted by atomic mass is 32.2. The molecule has 0 aliphatic heterocycles. The van der Waals surface area contributed by atoms with E-state index >= 15 is 0 Å². The molecule has 0 radical (unpaired) electrons. The standard InChI is InChI=1S/C6H15NO2S/c1-3-4-5-6(2)10(7,8)9/h3-5H2,1-2H3,(H3,7,8,9). The minimum atomic E-state index is -3.11. The highest BCUT2D eigenvalue weighted by Crippen LogP contribution is 1.97. The molecule has 0 saturated heterocycles. The summed E-state index contributed by atoms with van der Waals surface area (Å²) in [7, 11) is -3.11. The molecule has 0 aromatic carbocycles. The SMILES string of the molecule is CCCCC(C)=S(N)(=O)O. The number of unbranched alkanes of at least 4 members (excludes halogenated alkanes) is 1. The van der Waals surface area contributed by atoms with Crippen molar-refractivity contribution in [3.63, 3.8) is 0 Å². The maximum Gasteiger partial charge on any atom is 0.141 e. The molecule has 1 unspecified atom stereocenters. The summed E-state index contributed by atoms with van der Waals surface area (Å²) in [6.07, 6.45) is 2.61. The predicted molar refractivity (Wildman–Crippen MR) is 45.2 cm³/mol. The Morgan fingerprint density at radius 2 is 2.20 bits per heavy atom. The molecule has 4 heteroatoms. The van der Waals surface area contributed by atoms with Crippen LogP contribution in [-0.2, 0) is 9.99 Å². The van der Waals surface area contributed by atoms with E-state index in [9.17, 15) is 4.21 Å². The summed E-state index contributed by atoms with van der Waals surface area (Å²) in [5.74, 6) is 0. The molecule has 0 rings (SSSR count). The number of rotatable bonds is 3. The van der Waals surface area contributed by atoms with Gasteiger partial charge < -0.3 is 4.55 Å². The van der Waals surface area contributed by atoms with Crippen LogP contribution in [-0.4, -0.2) is 13.6 Å². The third-order valence-corrected chi connectivity index (χ3v) is 2.58. The Hall–Kier alpha value is -0.0600. The first-order valence-corrected chi connectivity index (χ1v) is 4.93. The third kappa shape index (κ3) is 3.87. The van der Waals surface area contributed by atoms with Gasteiger partial charge in [0.25, 0.3) is 0 Å². The van der Waals surface area contributed by atoms with Crippen molar-refractivity contribution in [1.82, 2.24) is 0 Å². The topological polar surface area (TPSA) is 63.3 Å². The number of hydrogen-bond donors (Lipinski definition) is 2. The van der Waals surface area contributed by atoms with Crippen LogP contribution in [0.25, 0.3) is 0 Å². The van der Waals surface area contributed by atoms with Crippen molar-refractivity contribution in [2.75, 3.05) is 0 Å². The summed E-state index contributed by atoms with van der Waals surface area (Å²) in [5, 5.41) is 4.97. The molecule has 0 bridgehead atoms. The van der Waals surface area contributed by atoms with Crippen molar-refractivity contribution in [1.29, 1.82) is 0 Å². The van der Waals surface area contributed by atoms with E-state index in [0.29, 0.717) is 11.3 Å². The molecule has 0 spiro atoms. The van der Waals surface area contributed by atoms with Crippen LogP contribution < -0.4 is 5.14 Å². The van der Waals surface area contributed by atoms with Gasteiger partial charge in [-0.05, 0) is 19.8 Å². The van der Waals surface area contributed by atoms with Gasteiger partial charge in [-0.1, -0.05) is 13.3 Å². The summed E-state index contributed by atoms with van der Waals surface area (Å²) in [4.78, 5) is 0.495. The van der Waals surface area contributed by atoms with Crippen LogP contribution in [0.1, 0.15) is 33.1 Å². The van der Waals surface area contributed by atoms with Crippen LogP contribution in [0.15, 0.2) is 0 Å². The lowest BCUT2D eigenvalue weighted by Crippen LogP contribution is -2.19. The second-order valence-electron chi connectivity index (χ2n) is 2.37. The van der Waals surface area contributed by atoms with Crippen LogP contribution in [0.2, 0.25) is 0 Å². The van der Waals surface area contributed by atoms with Crippen LogP contribution in [0.4, 0.5) is 0 Å². The normalized spacial score (nSPS) is 16.4. The highest BCUT2D eigenvalue weighted by Gasteiger charge is 1.99. The predicted octanol–water partition coefficient (Wildman–Crippen LogP) is 1.00. The average molecular weight is 165 g/mol. The number of hydrogen-bond acceptors (Lipinski definition) is 1. The molecule has 3 nitrogen and oxygen atoms in total. The summed E-state index contributed by atoms with van der Waals surface area (Å²) in [5.41, 5.74) is 0. The van der Waals surface area contributed by atoms with Gasteiger partial charge in [0, 0.05) is 4.86 Å². The van der Waals surface area contributed by atoms with E-state index in [4.69, 9.17) is 9.69 Å². The fourth-order valence-corrected chi connectivity index (χ4v) is 1.01. The van der Waals surface area contributed by atoms with E-state index in [2.05, 4.69) is 0 Å². The fourth-order valence-electron chi connectivity index (χ4n) is 0.572. The first-order chi connectivity index (χ1) is 4.48. The Morgan fingerprint density at radius 1 is 1.70 bits per heavy atom. The lowest BCUT2D eigenvalue weighted by molar-refractivity contribution is 0.560. The van der Waals surface area contributed by atoms with Crippen molar-refractivity contribution in [3.8, 4) is 0 Å². The molecule has 0 saturated carbocycles. The van der Waals surface area contributed by atoms with Crippen molar-refractivity contribution in [2.24, 2.45) is 5.14 Å². The Balaban J connectivity index is 4.09. The summed E-state index contributed by atoms with van der Waals surface area (Å²) in [6, 6.07) is 0. The molecule has 0 aliphatic rings. The molecule has 62 valence electrons. The molecule has 3 N–H and O–H groups in total. The Kier molecular flexibility index (Phi) is 3.93. The molecule has 0 amide bonds. The van der Waals surface area contributed by atoms with Gasteiger partial charge in [0.05, 0.1) is 0 Å². The maximum atomic E-state index is 10.7. The van der Waals surface area contributed by atoms with E-state index in [-0.39, 0.29) is 0 Å². The average Bonchev–Trinajstić information content (AvgIpc) is 1.80. The molecule has 0 heterocycles. The second-order valence-corrected chi connectivity index (χ2v) is 4.21. The monoisotopic (exact) mass is 165 g/mol. The Bertz CT molecular complexity index is 196. The molecular weight excluding hydrogens is 150 g/mol. The van der Waals surface area contributed by atoms with Crippen LogP contribution in [0, 0.1) is 0 Å². The summed E-state index contributed by atoms with van der Waals surface area (Å²) in [6.45, 7) is 3.65. The highest BCUT2D eigenvalue weighted by molar-refractivity contribution is 7.95. The zero-order valence-electron chi connectivity index (χ0n) is 6.46. The molecular formula is C6H15NO2S. The molecule has 10 heavy (non-hydrogen) atoms. The van der Waals surface area contributed by atoms with Gasteiger partial charge in [0.15, 0.2) is 0 Å². The lowest BCUT2D eigenvalue weighted by atomic mass is 10.2. The van der Waals surface area contributed by atoms with E-state index in [1.54, 1.807) is 6.92 Å². The second kappa shape index (κ2) is 3.95. The van der Waals surface area contributed by atoms with Crippen molar-refractivity contribution in [2.45, 2.75) is 33.1 Å². The molecule has 0 aliphatic carbocycles. The zero-order valence-corrected chi connectivity index (χ0v) is 7.28. The van der Waals surface area contributed by atoms with Crippen LogP contribution >= 0.6 is 0 Å². The largest absolute Gasteiger partial charge is 0.302 e. The van der Waals surface area contributed by atoms with Gasteiger partial charge in [-0.2, -0.15) is 0 Å². The van der Waals surface area contributed by atoms with E-state index in [1.165, 1.54) is 0 Å². The van der Waals surface area contributed by atoms with Crippen LogP contribution in [0.5, 0.6) is 0 Å². The third-order valence-electron chi connectivity index (χ3n) is 1.38. The zero-order chi connectivity index (χ0) is 8.20. The van der Waals surface area contributed by atoms with Gasteiger partial charge in [0.1, 0.15) is 9.99 Å². The summed E-state index contributed by atoms with van der Waals surface area (Å²) < 4.78 is 19.5. The quantitative estimate of drug-likeness (QED) is 0.613. The minimum absolute atomic E-state index is 0.495. The molecule has 0 aromatic rings. The van der Waals surface area contributed by atoms with E-state index < -0.39 is 9.99 Å². The summed E-state index contributed by atoms with van der Waals surface area (Å²) >= 11 is 0. The molecule has 0 fully saturated rings. The Morgan fingerprint density at radius 3 is 2.50 bits per heavy atom. The minimum Gasteiger partial charge on any atom is -0.302 e. The maximum absolute atomic E-state index is 10.7. The van der Waals surface area contributed by atoms with E-state index in [1.807, 2.05) is 6.92 Å². The smallest absolute Gasteiger partial charge is 0.141 e. The molecule has 1 atom stereocenters. The van der Waals surface area contributed by atoms with Crippen molar-refractivity contribution < 1.29 is 8.76 Å². The van der Waals surface area contributed by atoms with Crippen molar-refractivity contribution in [3.05, 3.63) is 0 Å². The van der Waals surface area contributed by atoms with Gasteiger partial charge in [0.2, 0.25) is 0 Å². The van der Waals surface area contributed by atoms with E-state index in [0.717, 1.165) is 12.8 Å². The van der Waals surface area contributed by atoms with Gasteiger partial charge in [-0.25, -0.2) is 9.35 Å². The number of nitrogens with two attached hydrogens (primary N) is 1. The first-order valence-electron chi connectivity index (χ1n) is 3.35. The van der Waals surface area contributed by atoms with Gasteiger partial charge >= 0.3 is 0 Å². The van der Waals surface area contributed by atoms with Gasteiger partial charge in [-0.15, -0.1) is 0 Å². The Labute approximate surface area is 62.6 Å².